The van der Waals surface area contributed by atoms with E-state index < -0.39 is 11.5 Å². The smallest absolute Gasteiger partial charge is 0.344 e. The third kappa shape index (κ3) is 2.54. The first-order valence-corrected chi connectivity index (χ1v) is 8.05. The van der Waals surface area contributed by atoms with Gasteiger partial charge in [0, 0.05) is 0 Å². The summed E-state index contributed by atoms with van der Waals surface area (Å²) in [5.74, 6) is -0.292. The van der Waals surface area contributed by atoms with E-state index in [4.69, 9.17) is 14.9 Å². The summed E-state index contributed by atoms with van der Waals surface area (Å²) in [4.78, 5) is 12.6. The van der Waals surface area contributed by atoms with Crippen molar-refractivity contribution in [3.63, 3.8) is 0 Å². The van der Waals surface area contributed by atoms with Crippen LogP contribution in [0.2, 0.25) is 0 Å². The van der Waals surface area contributed by atoms with E-state index in [1.54, 1.807) is 24.3 Å². The van der Waals surface area contributed by atoms with E-state index in [0.717, 1.165) is 5.56 Å². The van der Waals surface area contributed by atoms with E-state index in [2.05, 4.69) is 6.07 Å². The first-order chi connectivity index (χ1) is 12.7. The lowest BCUT2D eigenvalue weighted by atomic mass is 9.89. The van der Waals surface area contributed by atoms with Crippen molar-refractivity contribution in [3.05, 3.63) is 93.7 Å². The maximum absolute atomic E-state index is 12.6. The Morgan fingerprint density at radius 3 is 2.58 bits per heavy atom. The Balaban J connectivity index is 1.94. The Labute approximate surface area is 149 Å². The number of hydrogen-bond donors (Lipinski definition) is 1. The maximum Gasteiger partial charge on any atom is 0.344 e. The monoisotopic (exact) mass is 342 g/mol. The van der Waals surface area contributed by atoms with Gasteiger partial charge >= 0.3 is 5.63 Å². The van der Waals surface area contributed by atoms with Gasteiger partial charge in [-0.1, -0.05) is 54.6 Å². The highest BCUT2D eigenvalue weighted by atomic mass is 16.5. The van der Waals surface area contributed by atoms with Crippen LogP contribution >= 0.6 is 0 Å². The molecular formula is C21H14N2O3. The molecule has 26 heavy (non-hydrogen) atoms. The molecule has 1 aliphatic rings. The number of fused-ring (bicyclic) bond motifs is 3. The quantitative estimate of drug-likeness (QED) is 0.718. The summed E-state index contributed by atoms with van der Waals surface area (Å²) < 4.78 is 11.1. The summed E-state index contributed by atoms with van der Waals surface area (Å²) in [6, 6.07) is 18.7. The molecule has 4 rings (SSSR count). The molecule has 0 saturated carbocycles. The highest BCUT2D eigenvalue weighted by molar-refractivity contribution is 5.85. The maximum atomic E-state index is 12.6. The SMILES string of the molecule is N#CC1=C(N)Oc2c(c(=O)oc3ccccc23)C1/C=C/c1ccccc1. The van der Waals surface area contributed by atoms with Crippen molar-refractivity contribution < 1.29 is 9.15 Å². The molecule has 2 N–H and O–H groups in total. The lowest BCUT2D eigenvalue weighted by molar-refractivity contribution is 0.389. The van der Waals surface area contributed by atoms with Crippen molar-refractivity contribution in [2.45, 2.75) is 5.92 Å². The lowest BCUT2D eigenvalue weighted by Crippen LogP contribution is -2.24. The Bertz CT molecular complexity index is 1150. The topological polar surface area (TPSA) is 89.3 Å². The Hall–Kier alpha value is -3.78. The van der Waals surface area contributed by atoms with Gasteiger partial charge in [0.2, 0.25) is 5.88 Å². The zero-order valence-electron chi connectivity index (χ0n) is 13.7. The van der Waals surface area contributed by atoms with Gasteiger partial charge in [0.05, 0.1) is 16.9 Å². The van der Waals surface area contributed by atoms with E-state index in [1.807, 2.05) is 42.5 Å². The zero-order chi connectivity index (χ0) is 18.1. The van der Waals surface area contributed by atoms with Crippen LogP contribution in [-0.4, -0.2) is 0 Å². The van der Waals surface area contributed by atoms with E-state index in [-0.39, 0.29) is 17.0 Å². The molecule has 126 valence electrons. The van der Waals surface area contributed by atoms with Gasteiger partial charge < -0.3 is 14.9 Å². The summed E-state index contributed by atoms with van der Waals surface area (Å²) in [7, 11) is 0. The predicted molar refractivity (Wildman–Crippen MR) is 98.2 cm³/mol. The van der Waals surface area contributed by atoms with Crippen LogP contribution in [0.1, 0.15) is 17.0 Å². The van der Waals surface area contributed by atoms with Gasteiger partial charge in [-0.05, 0) is 17.7 Å². The molecule has 1 aliphatic heterocycles. The molecule has 0 spiro atoms. The minimum absolute atomic E-state index is 0.00142. The normalized spacial score (nSPS) is 16.3. The Morgan fingerprint density at radius 2 is 1.81 bits per heavy atom. The molecule has 1 unspecified atom stereocenters. The van der Waals surface area contributed by atoms with Crippen LogP contribution in [0.3, 0.4) is 0 Å². The molecule has 3 aromatic rings. The molecule has 0 fully saturated rings. The summed E-state index contributed by atoms with van der Waals surface area (Å²) >= 11 is 0. The van der Waals surface area contributed by atoms with Crippen LogP contribution in [0.15, 0.2) is 81.3 Å². The molecule has 5 nitrogen and oxygen atoms in total. The largest absolute Gasteiger partial charge is 0.439 e. The van der Waals surface area contributed by atoms with Crippen LogP contribution in [-0.2, 0) is 0 Å². The molecule has 0 bridgehead atoms. The number of para-hydroxylation sites is 1. The van der Waals surface area contributed by atoms with Crippen molar-refractivity contribution in [3.8, 4) is 11.8 Å². The second-order valence-electron chi connectivity index (χ2n) is 5.87. The summed E-state index contributed by atoms with van der Waals surface area (Å²) in [6.07, 6.45) is 3.62. The van der Waals surface area contributed by atoms with Gasteiger partial charge in [0.1, 0.15) is 17.2 Å². The molecule has 1 aromatic heterocycles. The lowest BCUT2D eigenvalue weighted by Gasteiger charge is -2.23. The van der Waals surface area contributed by atoms with Gasteiger partial charge in [0.15, 0.2) is 5.75 Å². The molecular weight excluding hydrogens is 328 g/mol. The number of benzene rings is 2. The number of rotatable bonds is 2. The van der Waals surface area contributed by atoms with Gasteiger partial charge in [-0.3, -0.25) is 0 Å². The number of nitriles is 1. The van der Waals surface area contributed by atoms with Crippen molar-refractivity contribution in [2.75, 3.05) is 0 Å². The number of hydrogen-bond acceptors (Lipinski definition) is 5. The predicted octanol–water partition coefficient (Wildman–Crippen LogP) is 3.68. The number of ether oxygens (including phenoxy) is 1. The van der Waals surface area contributed by atoms with Crippen LogP contribution in [0.4, 0.5) is 0 Å². The van der Waals surface area contributed by atoms with Crippen LogP contribution in [0, 0.1) is 11.3 Å². The number of nitrogens with two attached hydrogens (primary N) is 1. The second kappa shape index (κ2) is 6.26. The Kier molecular flexibility index (Phi) is 3.79. The second-order valence-corrected chi connectivity index (χ2v) is 5.87. The fourth-order valence-corrected chi connectivity index (χ4v) is 3.07. The van der Waals surface area contributed by atoms with Crippen LogP contribution in [0.5, 0.6) is 5.75 Å². The summed E-state index contributed by atoms with van der Waals surface area (Å²) in [6.45, 7) is 0. The first kappa shape index (κ1) is 15.7. The highest BCUT2D eigenvalue weighted by Gasteiger charge is 2.32. The van der Waals surface area contributed by atoms with Gasteiger partial charge in [0.25, 0.3) is 0 Å². The minimum atomic E-state index is -0.634. The molecule has 1 atom stereocenters. The van der Waals surface area contributed by atoms with E-state index >= 15 is 0 Å². The molecule has 0 amide bonds. The van der Waals surface area contributed by atoms with Crippen molar-refractivity contribution >= 4 is 17.0 Å². The number of allylic oxidation sites excluding steroid dienone is 2. The van der Waals surface area contributed by atoms with E-state index in [0.29, 0.717) is 16.7 Å². The highest BCUT2D eigenvalue weighted by Crippen LogP contribution is 2.40. The molecule has 0 aliphatic carbocycles. The summed E-state index contributed by atoms with van der Waals surface area (Å²) in [5.41, 5.74) is 7.26. The van der Waals surface area contributed by atoms with E-state index in [9.17, 15) is 10.1 Å². The average Bonchev–Trinajstić information content (AvgIpc) is 2.66. The van der Waals surface area contributed by atoms with Gasteiger partial charge in [-0.2, -0.15) is 5.26 Å². The van der Waals surface area contributed by atoms with Crippen LogP contribution in [0.25, 0.3) is 17.0 Å². The standard InChI is InChI=1S/C21H14N2O3/c22-12-16-14(11-10-13-6-2-1-3-7-13)18-19(26-20(16)23)15-8-4-5-9-17(15)25-21(18)24/h1-11,14H,23H2/b11-10+. The molecule has 5 heteroatoms. The third-order valence-electron chi connectivity index (χ3n) is 4.30. The molecule has 0 saturated heterocycles. The van der Waals surface area contributed by atoms with Crippen molar-refractivity contribution in [1.82, 2.24) is 0 Å². The zero-order valence-corrected chi connectivity index (χ0v) is 13.7. The van der Waals surface area contributed by atoms with Gasteiger partial charge in [-0.25, -0.2) is 4.79 Å². The molecule has 2 heterocycles. The number of nitrogens with zero attached hydrogens (tertiary/aromatic N) is 1. The van der Waals surface area contributed by atoms with E-state index in [1.165, 1.54) is 0 Å². The average molecular weight is 342 g/mol. The minimum Gasteiger partial charge on any atom is -0.439 e. The molecule has 2 aromatic carbocycles. The fourth-order valence-electron chi connectivity index (χ4n) is 3.07. The van der Waals surface area contributed by atoms with Crippen molar-refractivity contribution in [1.29, 1.82) is 5.26 Å². The fraction of sp³-hybridized carbons (Fsp3) is 0.0476. The summed E-state index contributed by atoms with van der Waals surface area (Å²) in [5, 5.41) is 10.2. The van der Waals surface area contributed by atoms with Gasteiger partial charge in [-0.15, -0.1) is 0 Å². The van der Waals surface area contributed by atoms with Crippen molar-refractivity contribution in [2.24, 2.45) is 5.73 Å². The molecule has 0 radical (unpaired) electrons. The van der Waals surface area contributed by atoms with Crippen LogP contribution < -0.4 is 16.1 Å². The first-order valence-electron chi connectivity index (χ1n) is 8.05. The third-order valence-corrected chi connectivity index (χ3v) is 4.30. The Morgan fingerprint density at radius 1 is 1.08 bits per heavy atom.